The molecule has 4 heteroatoms. The summed E-state index contributed by atoms with van der Waals surface area (Å²) in [4.78, 5) is 9.08. The number of hydrogen-bond acceptors (Lipinski definition) is 4. The Balaban J connectivity index is 0.00000128. The summed E-state index contributed by atoms with van der Waals surface area (Å²) in [6, 6.07) is 0.689. The molecule has 0 aromatic carbocycles. The summed E-state index contributed by atoms with van der Waals surface area (Å²) in [6.45, 7) is 5.91. The van der Waals surface area contributed by atoms with Crippen molar-refractivity contribution in [2.75, 3.05) is 13.3 Å². The Morgan fingerprint density at radius 2 is 2.47 bits per heavy atom. The van der Waals surface area contributed by atoms with Gasteiger partial charge in [-0.1, -0.05) is 20.3 Å². The Bertz CT molecular complexity index is 241. The van der Waals surface area contributed by atoms with Gasteiger partial charge in [0.1, 0.15) is 5.84 Å². The number of hydroxylamine groups is 1. The van der Waals surface area contributed by atoms with E-state index in [-0.39, 0.29) is 1.43 Å². The van der Waals surface area contributed by atoms with Crippen molar-refractivity contribution >= 4 is 5.84 Å². The second-order valence-corrected chi connectivity index (χ2v) is 4.68. The van der Waals surface area contributed by atoms with Crippen LogP contribution in [0.1, 0.15) is 34.5 Å². The van der Waals surface area contributed by atoms with Crippen molar-refractivity contribution in [1.29, 1.82) is 0 Å². The molecule has 0 saturated heterocycles. The summed E-state index contributed by atoms with van der Waals surface area (Å²) in [5, 5.41) is 3.50. The number of nitrogens with zero attached hydrogens (tertiary/aromatic N) is 1. The molecule has 0 radical (unpaired) electrons. The molecule has 0 spiro atoms. The average Bonchev–Trinajstić information content (AvgIpc) is 2.67. The molecule has 88 valence electrons. The molecule has 1 aliphatic heterocycles. The van der Waals surface area contributed by atoms with Gasteiger partial charge in [-0.25, -0.2) is 10.5 Å². The Hall–Kier alpha value is -0.610. The minimum Gasteiger partial charge on any atom is -0.307 e. The zero-order valence-corrected chi connectivity index (χ0v) is 9.62. The van der Waals surface area contributed by atoms with Gasteiger partial charge in [0, 0.05) is 7.47 Å². The molecule has 0 aromatic rings. The number of rotatable bonds is 5. The first-order valence-electron chi connectivity index (χ1n) is 5.94. The van der Waals surface area contributed by atoms with Crippen LogP contribution in [0.25, 0.3) is 0 Å². The van der Waals surface area contributed by atoms with Crippen LogP contribution in [0, 0.1) is 11.8 Å². The molecule has 1 unspecified atom stereocenters. The van der Waals surface area contributed by atoms with Crippen LogP contribution in [-0.2, 0) is 4.84 Å². The molecule has 1 aliphatic carbocycles. The largest absolute Gasteiger partial charge is 0.307 e. The lowest BCUT2D eigenvalue weighted by atomic mass is 9.72. The maximum absolute atomic E-state index is 4.92. The molecule has 2 aliphatic rings. The van der Waals surface area contributed by atoms with Gasteiger partial charge in [0.05, 0.1) is 6.54 Å². The van der Waals surface area contributed by atoms with Crippen LogP contribution in [0.2, 0.25) is 0 Å². The van der Waals surface area contributed by atoms with E-state index in [0.29, 0.717) is 12.8 Å². The minimum atomic E-state index is 0. The van der Waals surface area contributed by atoms with Crippen molar-refractivity contribution in [1.82, 2.24) is 10.8 Å². The lowest BCUT2D eigenvalue weighted by Gasteiger charge is -2.39. The first-order valence-corrected chi connectivity index (χ1v) is 5.94. The average molecular weight is 213 g/mol. The van der Waals surface area contributed by atoms with Crippen LogP contribution in [0.5, 0.6) is 0 Å². The Labute approximate surface area is 92.9 Å². The normalized spacial score (nSPS) is 31.7. The summed E-state index contributed by atoms with van der Waals surface area (Å²) in [7, 11) is 0. The minimum absolute atomic E-state index is 0. The van der Waals surface area contributed by atoms with Crippen LogP contribution in [0.4, 0.5) is 0 Å². The van der Waals surface area contributed by atoms with Gasteiger partial charge < -0.3 is 5.32 Å². The van der Waals surface area contributed by atoms with Gasteiger partial charge in [0.25, 0.3) is 0 Å². The third kappa shape index (κ3) is 2.69. The van der Waals surface area contributed by atoms with Gasteiger partial charge in [0.15, 0.2) is 6.73 Å². The molecule has 1 fully saturated rings. The van der Waals surface area contributed by atoms with E-state index in [2.05, 4.69) is 29.6 Å². The van der Waals surface area contributed by atoms with Crippen molar-refractivity contribution < 1.29 is 6.26 Å². The number of aliphatic imine (C=N–C) groups is 1. The third-order valence-electron chi connectivity index (χ3n) is 3.69. The fourth-order valence-corrected chi connectivity index (χ4v) is 2.22. The molecule has 1 atom stereocenters. The van der Waals surface area contributed by atoms with Gasteiger partial charge in [-0.15, -0.1) is 0 Å². The fourth-order valence-electron chi connectivity index (χ4n) is 2.22. The van der Waals surface area contributed by atoms with E-state index in [1.165, 1.54) is 19.3 Å². The van der Waals surface area contributed by atoms with E-state index < -0.39 is 0 Å². The fraction of sp³-hybridized carbons (Fsp3) is 0.909. The monoisotopic (exact) mass is 213 g/mol. The van der Waals surface area contributed by atoms with Gasteiger partial charge in [-0.2, -0.15) is 0 Å². The Kier molecular flexibility index (Phi) is 3.59. The summed E-state index contributed by atoms with van der Waals surface area (Å²) < 4.78 is 0. The predicted octanol–water partition coefficient (Wildman–Crippen LogP) is 1.54. The standard InChI is InChI=1S/C11H21N3O.H2/c1-3-8(2)9-4-10(5-9)12-6-11-13-7-15-14-11;/h8-10,12H,3-7H2,1-2H3,(H,13,14);1H. The van der Waals surface area contributed by atoms with Gasteiger partial charge in [-0.05, 0) is 24.7 Å². The molecule has 1 saturated carbocycles. The summed E-state index contributed by atoms with van der Waals surface area (Å²) in [6.07, 6.45) is 3.95. The van der Waals surface area contributed by atoms with Gasteiger partial charge >= 0.3 is 0 Å². The summed E-state index contributed by atoms with van der Waals surface area (Å²) >= 11 is 0. The molecular formula is C11H23N3O. The van der Waals surface area contributed by atoms with Gasteiger partial charge in [-0.3, -0.25) is 4.84 Å². The highest BCUT2D eigenvalue weighted by Gasteiger charge is 2.31. The first kappa shape index (κ1) is 10.9. The first-order chi connectivity index (χ1) is 7.29. The lowest BCUT2D eigenvalue weighted by molar-refractivity contribution is 0.113. The van der Waals surface area contributed by atoms with Crippen molar-refractivity contribution in [2.45, 2.75) is 39.2 Å². The highest BCUT2D eigenvalue weighted by Crippen LogP contribution is 2.35. The van der Waals surface area contributed by atoms with E-state index in [1.807, 2.05) is 0 Å². The van der Waals surface area contributed by atoms with E-state index in [0.717, 1.165) is 24.2 Å². The van der Waals surface area contributed by atoms with Crippen LogP contribution >= 0.6 is 0 Å². The van der Waals surface area contributed by atoms with E-state index in [9.17, 15) is 0 Å². The number of hydrogen-bond donors (Lipinski definition) is 2. The molecular weight excluding hydrogens is 190 g/mol. The topological polar surface area (TPSA) is 45.7 Å². The molecule has 1 heterocycles. The van der Waals surface area contributed by atoms with Gasteiger partial charge in [0.2, 0.25) is 0 Å². The van der Waals surface area contributed by atoms with Crippen LogP contribution in [-0.4, -0.2) is 25.2 Å². The maximum Gasteiger partial charge on any atom is 0.166 e. The quantitative estimate of drug-likeness (QED) is 0.728. The van der Waals surface area contributed by atoms with E-state index in [1.54, 1.807) is 0 Å². The summed E-state index contributed by atoms with van der Waals surface area (Å²) in [5.74, 6) is 2.75. The molecule has 2 rings (SSSR count). The zero-order valence-electron chi connectivity index (χ0n) is 9.62. The second-order valence-electron chi connectivity index (χ2n) is 4.68. The Morgan fingerprint density at radius 3 is 3.07 bits per heavy atom. The zero-order chi connectivity index (χ0) is 10.7. The van der Waals surface area contributed by atoms with Crippen LogP contribution in [0.3, 0.4) is 0 Å². The number of nitrogens with one attached hydrogen (secondary N) is 2. The van der Waals surface area contributed by atoms with Crippen molar-refractivity contribution in [2.24, 2.45) is 16.8 Å². The molecule has 0 aromatic heterocycles. The molecule has 15 heavy (non-hydrogen) atoms. The summed E-state index contributed by atoms with van der Waals surface area (Å²) in [5.41, 5.74) is 2.79. The lowest BCUT2D eigenvalue weighted by Crippen LogP contribution is -2.46. The maximum atomic E-state index is 4.92. The number of amidine groups is 1. The van der Waals surface area contributed by atoms with Crippen molar-refractivity contribution in [3.05, 3.63) is 0 Å². The predicted molar refractivity (Wildman–Crippen MR) is 62.6 cm³/mol. The molecule has 0 bridgehead atoms. The molecule has 0 amide bonds. The van der Waals surface area contributed by atoms with Crippen LogP contribution < -0.4 is 10.8 Å². The van der Waals surface area contributed by atoms with E-state index in [4.69, 9.17) is 4.84 Å². The van der Waals surface area contributed by atoms with Crippen LogP contribution in [0.15, 0.2) is 4.99 Å². The SMILES string of the molecule is CCC(C)C1CC(NCC2=NCON2)C1.[HH]. The molecule has 4 nitrogen and oxygen atoms in total. The van der Waals surface area contributed by atoms with E-state index >= 15 is 0 Å². The second kappa shape index (κ2) is 4.94. The highest BCUT2D eigenvalue weighted by atomic mass is 16.7. The third-order valence-corrected chi connectivity index (χ3v) is 3.69. The van der Waals surface area contributed by atoms with Crippen molar-refractivity contribution in [3.63, 3.8) is 0 Å². The van der Waals surface area contributed by atoms with Crippen molar-refractivity contribution in [3.8, 4) is 0 Å². The smallest absolute Gasteiger partial charge is 0.166 e. The highest BCUT2D eigenvalue weighted by molar-refractivity contribution is 5.83. The Morgan fingerprint density at radius 1 is 1.67 bits per heavy atom. The molecule has 2 N–H and O–H groups in total.